The fourth-order valence-electron chi connectivity index (χ4n) is 1.70. The summed E-state index contributed by atoms with van der Waals surface area (Å²) < 4.78 is 24.2. The minimum Gasteiger partial charge on any atom is -0.326 e. The fraction of sp³-hybridized carbons (Fsp3) is 0.357. The number of halogens is 1. The first-order valence-electron chi connectivity index (χ1n) is 6.36. The first kappa shape index (κ1) is 17.7. The van der Waals surface area contributed by atoms with E-state index < -0.39 is 10.0 Å². The molecule has 116 valence electrons. The molecule has 0 aliphatic heterocycles. The van der Waals surface area contributed by atoms with Gasteiger partial charge in [-0.05, 0) is 24.6 Å². The van der Waals surface area contributed by atoms with Crippen LogP contribution in [0.25, 0.3) is 0 Å². The van der Waals surface area contributed by atoms with Crippen LogP contribution in [-0.4, -0.2) is 38.0 Å². The van der Waals surface area contributed by atoms with E-state index in [4.69, 9.17) is 11.6 Å². The van der Waals surface area contributed by atoms with Gasteiger partial charge in [0.1, 0.15) is 0 Å². The van der Waals surface area contributed by atoms with E-state index in [9.17, 15) is 13.2 Å². The smallest absolute Gasteiger partial charge is 0.225 e. The van der Waals surface area contributed by atoms with Crippen LogP contribution in [0.3, 0.4) is 0 Å². The monoisotopic (exact) mass is 330 g/mol. The predicted octanol–water partition coefficient (Wildman–Crippen LogP) is 2.42. The standard InChI is InChI=1S/C14H19ClN2O3S/c1-4-8-17(21(3,19)20)9-7-14(18)16-13-10-12(15)6-5-11(13)2/h4-6,10H,1,7-9H2,2-3H3,(H,16,18). The van der Waals surface area contributed by atoms with E-state index in [1.807, 2.05) is 6.92 Å². The molecular weight excluding hydrogens is 312 g/mol. The molecule has 1 aromatic rings. The highest BCUT2D eigenvalue weighted by Gasteiger charge is 2.16. The van der Waals surface area contributed by atoms with Gasteiger partial charge in [-0.2, -0.15) is 4.31 Å². The highest BCUT2D eigenvalue weighted by molar-refractivity contribution is 7.88. The van der Waals surface area contributed by atoms with Gasteiger partial charge in [0, 0.05) is 30.2 Å². The number of nitrogens with zero attached hydrogens (tertiary/aromatic N) is 1. The average Bonchev–Trinajstić information content (AvgIpc) is 2.37. The second-order valence-electron chi connectivity index (χ2n) is 4.67. The van der Waals surface area contributed by atoms with Crippen molar-refractivity contribution in [2.45, 2.75) is 13.3 Å². The molecule has 0 aromatic heterocycles. The second-order valence-corrected chi connectivity index (χ2v) is 7.09. The molecule has 21 heavy (non-hydrogen) atoms. The van der Waals surface area contributed by atoms with Crippen LogP contribution in [0.15, 0.2) is 30.9 Å². The minimum absolute atomic E-state index is 0.0624. The van der Waals surface area contributed by atoms with Gasteiger partial charge in [-0.3, -0.25) is 4.79 Å². The van der Waals surface area contributed by atoms with E-state index in [0.29, 0.717) is 10.7 Å². The average molecular weight is 331 g/mol. The quantitative estimate of drug-likeness (QED) is 0.781. The molecule has 5 nitrogen and oxygen atoms in total. The maximum absolute atomic E-state index is 11.9. The zero-order valence-electron chi connectivity index (χ0n) is 12.1. The van der Waals surface area contributed by atoms with E-state index in [1.54, 1.807) is 18.2 Å². The predicted molar refractivity (Wildman–Crippen MR) is 86.0 cm³/mol. The molecule has 0 radical (unpaired) electrons. The normalized spacial score (nSPS) is 11.4. The lowest BCUT2D eigenvalue weighted by molar-refractivity contribution is -0.116. The van der Waals surface area contributed by atoms with Crippen molar-refractivity contribution in [3.8, 4) is 0 Å². The molecule has 0 spiro atoms. The zero-order chi connectivity index (χ0) is 16.0. The Hall–Kier alpha value is -1.37. The van der Waals surface area contributed by atoms with Crippen LogP contribution in [0.1, 0.15) is 12.0 Å². The number of hydrogen-bond donors (Lipinski definition) is 1. The Morgan fingerprint density at radius 2 is 2.14 bits per heavy atom. The molecule has 0 fully saturated rings. The third-order valence-corrected chi connectivity index (χ3v) is 4.37. The number of carbonyl (C=O) groups excluding carboxylic acids is 1. The third-order valence-electron chi connectivity index (χ3n) is 2.86. The summed E-state index contributed by atoms with van der Waals surface area (Å²) in [6.07, 6.45) is 2.66. The molecule has 1 aromatic carbocycles. The Balaban J connectivity index is 2.65. The topological polar surface area (TPSA) is 66.5 Å². The van der Waals surface area contributed by atoms with Crippen molar-refractivity contribution < 1.29 is 13.2 Å². The molecule has 0 atom stereocenters. The summed E-state index contributed by atoms with van der Waals surface area (Å²) in [6.45, 7) is 5.65. The first-order chi connectivity index (χ1) is 9.74. The van der Waals surface area contributed by atoms with E-state index in [0.717, 1.165) is 11.8 Å². The van der Waals surface area contributed by atoms with Crippen LogP contribution in [-0.2, 0) is 14.8 Å². The molecule has 0 heterocycles. The van der Waals surface area contributed by atoms with Gasteiger partial charge < -0.3 is 5.32 Å². The van der Waals surface area contributed by atoms with Crippen LogP contribution in [0.4, 0.5) is 5.69 Å². The highest BCUT2D eigenvalue weighted by atomic mass is 35.5. The molecule has 0 aliphatic rings. The molecule has 0 saturated carbocycles. The Morgan fingerprint density at radius 3 is 2.71 bits per heavy atom. The molecule has 0 bridgehead atoms. The van der Waals surface area contributed by atoms with Crippen LogP contribution >= 0.6 is 11.6 Å². The van der Waals surface area contributed by atoms with Gasteiger partial charge in [-0.15, -0.1) is 6.58 Å². The summed E-state index contributed by atoms with van der Waals surface area (Å²) in [5, 5.41) is 3.26. The molecule has 0 saturated heterocycles. The number of rotatable bonds is 7. The van der Waals surface area contributed by atoms with E-state index in [2.05, 4.69) is 11.9 Å². The Labute approximate surface area is 130 Å². The van der Waals surface area contributed by atoms with Gasteiger partial charge in [0.15, 0.2) is 0 Å². The number of benzene rings is 1. The van der Waals surface area contributed by atoms with E-state index >= 15 is 0 Å². The van der Waals surface area contributed by atoms with Crippen LogP contribution in [0.5, 0.6) is 0 Å². The lowest BCUT2D eigenvalue weighted by Gasteiger charge is -2.17. The largest absolute Gasteiger partial charge is 0.326 e. The van der Waals surface area contributed by atoms with Gasteiger partial charge in [0.05, 0.1) is 6.26 Å². The van der Waals surface area contributed by atoms with Crippen molar-refractivity contribution in [2.75, 3.05) is 24.7 Å². The van der Waals surface area contributed by atoms with Gasteiger partial charge >= 0.3 is 0 Å². The van der Waals surface area contributed by atoms with Crippen molar-refractivity contribution >= 4 is 33.2 Å². The molecule has 1 rings (SSSR count). The second kappa shape index (κ2) is 7.59. The van der Waals surface area contributed by atoms with Crippen molar-refractivity contribution in [1.82, 2.24) is 4.31 Å². The Bertz CT molecular complexity index is 629. The van der Waals surface area contributed by atoms with Gasteiger partial charge in [0.25, 0.3) is 0 Å². The number of carbonyl (C=O) groups is 1. The number of hydrogen-bond acceptors (Lipinski definition) is 3. The maximum atomic E-state index is 11.9. The molecule has 1 amide bonds. The highest BCUT2D eigenvalue weighted by Crippen LogP contribution is 2.20. The summed E-state index contributed by atoms with van der Waals surface area (Å²) >= 11 is 5.88. The summed E-state index contributed by atoms with van der Waals surface area (Å²) in [6, 6.07) is 5.20. The van der Waals surface area contributed by atoms with Crippen molar-refractivity contribution in [3.63, 3.8) is 0 Å². The number of amides is 1. The molecule has 0 unspecified atom stereocenters. The number of sulfonamides is 1. The number of anilines is 1. The van der Waals surface area contributed by atoms with Crippen molar-refractivity contribution in [1.29, 1.82) is 0 Å². The lowest BCUT2D eigenvalue weighted by atomic mass is 10.2. The van der Waals surface area contributed by atoms with Crippen molar-refractivity contribution in [2.24, 2.45) is 0 Å². The number of aryl methyl sites for hydroxylation is 1. The Kier molecular flexibility index (Phi) is 6.39. The lowest BCUT2D eigenvalue weighted by Crippen LogP contribution is -2.33. The summed E-state index contributed by atoms with van der Waals surface area (Å²) in [7, 11) is -3.35. The summed E-state index contributed by atoms with van der Waals surface area (Å²) in [5.74, 6) is -0.266. The molecule has 1 N–H and O–H groups in total. The Morgan fingerprint density at radius 1 is 1.48 bits per heavy atom. The third kappa shape index (κ3) is 5.87. The number of nitrogens with one attached hydrogen (secondary N) is 1. The summed E-state index contributed by atoms with van der Waals surface area (Å²) in [4.78, 5) is 11.9. The molecule has 7 heteroatoms. The first-order valence-corrected chi connectivity index (χ1v) is 8.58. The van der Waals surface area contributed by atoms with Gasteiger partial charge in [-0.25, -0.2) is 8.42 Å². The minimum atomic E-state index is -3.35. The SMILES string of the molecule is C=CCN(CCC(=O)Nc1cc(Cl)ccc1C)S(C)(=O)=O. The van der Waals surface area contributed by atoms with E-state index in [-0.39, 0.29) is 25.4 Å². The van der Waals surface area contributed by atoms with Crippen LogP contribution in [0.2, 0.25) is 5.02 Å². The van der Waals surface area contributed by atoms with Crippen LogP contribution < -0.4 is 5.32 Å². The van der Waals surface area contributed by atoms with E-state index in [1.165, 1.54) is 10.4 Å². The van der Waals surface area contributed by atoms with Crippen LogP contribution in [0, 0.1) is 6.92 Å². The molecule has 0 aliphatic carbocycles. The zero-order valence-corrected chi connectivity index (χ0v) is 13.7. The van der Waals surface area contributed by atoms with Crippen molar-refractivity contribution in [3.05, 3.63) is 41.4 Å². The summed E-state index contributed by atoms with van der Waals surface area (Å²) in [5.41, 5.74) is 1.51. The maximum Gasteiger partial charge on any atom is 0.225 e. The van der Waals surface area contributed by atoms with Gasteiger partial charge in [-0.1, -0.05) is 23.7 Å². The fourth-order valence-corrected chi connectivity index (χ4v) is 2.68. The molecular formula is C14H19ClN2O3S. The van der Waals surface area contributed by atoms with Gasteiger partial charge in [0.2, 0.25) is 15.9 Å².